The smallest absolute Gasteiger partial charge is 0.662 e. The van der Waals surface area contributed by atoms with Gasteiger partial charge in [-0.15, -0.1) is 39.3 Å². The molecule has 0 radical (unpaired) electrons. The molecule has 4 heteroatoms. The molecular formula is C23H47N3Ti. The summed E-state index contributed by atoms with van der Waals surface area (Å²) >= 11 is 0. The molecule has 0 atom stereocenters. The molecule has 0 bridgehead atoms. The second-order valence-electron chi connectivity index (χ2n) is 5.97. The second-order valence-corrected chi connectivity index (χ2v) is 5.97. The number of nitrogens with zero attached hydrogens (tertiary/aromatic N) is 3. The molecule has 0 aromatic heterocycles. The summed E-state index contributed by atoms with van der Waals surface area (Å²) in [5.41, 5.74) is 0. The van der Waals surface area contributed by atoms with Crippen molar-refractivity contribution in [3.63, 3.8) is 0 Å². The maximum atomic E-state index is 4.21. The van der Waals surface area contributed by atoms with Crippen LogP contribution in [0.15, 0.2) is 30.3 Å². The Morgan fingerprint density at radius 1 is 0.481 bits per heavy atom. The van der Waals surface area contributed by atoms with Crippen molar-refractivity contribution in [3.8, 4) is 0 Å². The summed E-state index contributed by atoms with van der Waals surface area (Å²) in [6.45, 7) is 19.2. The second kappa shape index (κ2) is 40.6. The van der Waals surface area contributed by atoms with Gasteiger partial charge in [-0.05, 0) is 0 Å². The summed E-state index contributed by atoms with van der Waals surface area (Å²) in [6, 6.07) is 10.0. The van der Waals surface area contributed by atoms with Gasteiger partial charge in [0.2, 0.25) is 0 Å². The van der Waals surface area contributed by atoms with Crippen LogP contribution in [0.25, 0.3) is 16.0 Å². The molecule has 0 N–H and O–H groups in total. The van der Waals surface area contributed by atoms with Crippen LogP contribution in [-0.4, -0.2) is 39.3 Å². The van der Waals surface area contributed by atoms with Crippen LogP contribution in [-0.2, 0) is 21.7 Å². The molecule has 1 rings (SSSR count). The minimum absolute atomic E-state index is 0. The zero-order valence-electron chi connectivity index (χ0n) is 19.2. The van der Waals surface area contributed by atoms with Crippen molar-refractivity contribution in [2.45, 2.75) is 80.1 Å². The Labute approximate surface area is 187 Å². The maximum Gasteiger partial charge on any atom is 4.00 e. The van der Waals surface area contributed by atoms with E-state index in [0.717, 1.165) is 39.3 Å². The molecule has 3 nitrogen and oxygen atoms in total. The normalized spacial score (nSPS) is 8.81. The minimum atomic E-state index is 0. The topological polar surface area (TPSA) is 42.3 Å². The van der Waals surface area contributed by atoms with E-state index < -0.39 is 0 Å². The van der Waals surface area contributed by atoms with Crippen molar-refractivity contribution >= 4 is 0 Å². The van der Waals surface area contributed by atoms with E-state index in [1.54, 1.807) is 0 Å². The van der Waals surface area contributed by atoms with Gasteiger partial charge in [0.05, 0.1) is 0 Å². The van der Waals surface area contributed by atoms with Crippen molar-refractivity contribution < 1.29 is 21.7 Å². The van der Waals surface area contributed by atoms with Gasteiger partial charge in [0.15, 0.2) is 0 Å². The summed E-state index contributed by atoms with van der Waals surface area (Å²) in [6.07, 6.45) is 7.17. The van der Waals surface area contributed by atoms with Gasteiger partial charge in [0.25, 0.3) is 0 Å². The van der Waals surface area contributed by atoms with Crippen LogP contribution in [0, 0.1) is 0 Å². The summed E-state index contributed by atoms with van der Waals surface area (Å²) in [5, 5.41) is 12.6. The third kappa shape index (κ3) is 51.8. The Balaban J connectivity index is -0.000000130. The van der Waals surface area contributed by atoms with Gasteiger partial charge in [0, 0.05) is 0 Å². The fourth-order valence-corrected chi connectivity index (χ4v) is 1.60. The fraction of sp³-hybridized carbons (Fsp3) is 0.783. The molecule has 0 spiro atoms. The summed E-state index contributed by atoms with van der Waals surface area (Å²) in [7, 11) is 0. The average molecular weight is 414 g/mol. The van der Waals surface area contributed by atoms with Crippen LogP contribution in [0.1, 0.15) is 80.1 Å². The van der Waals surface area contributed by atoms with Crippen molar-refractivity contribution in [1.29, 1.82) is 0 Å². The maximum absolute atomic E-state index is 4.21. The van der Waals surface area contributed by atoms with E-state index in [9.17, 15) is 0 Å². The van der Waals surface area contributed by atoms with Crippen molar-refractivity contribution in [2.24, 2.45) is 0 Å². The Hall–Kier alpha value is -0.0557. The molecule has 0 saturated heterocycles. The van der Waals surface area contributed by atoms with Crippen molar-refractivity contribution in [3.05, 3.63) is 46.3 Å². The first-order valence-corrected chi connectivity index (χ1v) is 10.8. The molecule has 27 heavy (non-hydrogen) atoms. The number of rotatable bonds is 12. The van der Waals surface area contributed by atoms with E-state index in [1.807, 2.05) is 30.3 Å². The molecule has 0 fully saturated rings. The average Bonchev–Trinajstić information content (AvgIpc) is 3.24. The number of hydrogen-bond donors (Lipinski definition) is 0. The van der Waals surface area contributed by atoms with Crippen LogP contribution in [0.4, 0.5) is 0 Å². The standard InChI is InChI=1S/3C6H14N.C5H5.Ti/c3*1-3-5-7-6-4-2;1-2-4-5-3-1;/h3*3-6H2,1-2H3;1-5H;/q4*-1;+4. The van der Waals surface area contributed by atoms with E-state index >= 15 is 0 Å². The largest absolute Gasteiger partial charge is 4.00 e. The molecule has 0 saturated carbocycles. The van der Waals surface area contributed by atoms with Crippen LogP contribution < -0.4 is 0 Å². The molecule has 0 amide bonds. The molecule has 0 aliphatic heterocycles. The van der Waals surface area contributed by atoms with E-state index in [0.29, 0.717) is 0 Å². The van der Waals surface area contributed by atoms with Crippen LogP contribution in [0.3, 0.4) is 0 Å². The minimum Gasteiger partial charge on any atom is -0.662 e. The Bertz CT molecular complexity index is 214. The van der Waals surface area contributed by atoms with Gasteiger partial charge in [0.1, 0.15) is 0 Å². The molecule has 0 aliphatic rings. The van der Waals surface area contributed by atoms with Crippen LogP contribution >= 0.6 is 0 Å². The van der Waals surface area contributed by atoms with Gasteiger partial charge in [-0.2, -0.15) is 18.2 Å². The fourth-order valence-electron chi connectivity index (χ4n) is 1.60. The predicted molar refractivity (Wildman–Crippen MR) is 123 cm³/mol. The molecule has 1 aromatic carbocycles. The van der Waals surface area contributed by atoms with E-state index in [4.69, 9.17) is 0 Å². The van der Waals surface area contributed by atoms with E-state index in [-0.39, 0.29) is 21.7 Å². The van der Waals surface area contributed by atoms with Gasteiger partial charge < -0.3 is 16.0 Å². The first-order chi connectivity index (χ1) is 12.7. The Morgan fingerprint density at radius 2 is 0.704 bits per heavy atom. The summed E-state index contributed by atoms with van der Waals surface area (Å²) < 4.78 is 0. The Kier molecular flexibility index (Phi) is 51.8. The molecule has 158 valence electrons. The Morgan fingerprint density at radius 3 is 0.815 bits per heavy atom. The van der Waals surface area contributed by atoms with Crippen LogP contribution in [0.2, 0.25) is 0 Å². The van der Waals surface area contributed by atoms with Gasteiger partial charge in [-0.3, -0.25) is 0 Å². The summed E-state index contributed by atoms with van der Waals surface area (Å²) in [5.74, 6) is 0. The van der Waals surface area contributed by atoms with Gasteiger partial charge >= 0.3 is 21.7 Å². The number of hydrogen-bond acceptors (Lipinski definition) is 0. The third-order valence-corrected chi connectivity index (χ3v) is 2.85. The first kappa shape index (κ1) is 34.5. The van der Waals surface area contributed by atoms with E-state index in [2.05, 4.69) is 57.5 Å². The van der Waals surface area contributed by atoms with Gasteiger partial charge in [-0.25, -0.2) is 12.1 Å². The summed E-state index contributed by atoms with van der Waals surface area (Å²) in [4.78, 5) is 0. The molecular weight excluding hydrogens is 366 g/mol. The SMILES string of the molecule is CCC[N-]CCC.CCC[N-]CCC.CCC[N-]CCC.[Ti+4].c1cc[cH-]c1. The molecule has 0 heterocycles. The molecule has 1 aromatic rings. The van der Waals surface area contributed by atoms with Crippen molar-refractivity contribution in [2.75, 3.05) is 39.3 Å². The quantitative estimate of drug-likeness (QED) is 0.190. The van der Waals surface area contributed by atoms with Crippen LogP contribution in [0.5, 0.6) is 0 Å². The first-order valence-electron chi connectivity index (χ1n) is 10.8. The molecule has 0 aliphatic carbocycles. The predicted octanol–water partition coefficient (Wildman–Crippen LogP) is 7.94. The monoisotopic (exact) mass is 413 g/mol. The zero-order valence-corrected chi connectivity index (χ0v) is 20.8. The third-order valence-electron chi connectivity index (χ3n) is 2.85. The van der Waals surface area contributed by atoms with E-state index in [1.165, 1.54) is 38.5 Å². The van der Waals surface area contributed by atoms with Crippen molar-refractivity contribution in [1.82, 2.24) is 0 Å². The zero-order chi connectivity index (χ0) is 20.1. The van der Waals surface area contributed by atoms with Gasteiger partial charge in [-0.1, -0.05) is 80.1 Å². The molecule has 0 unspecified atom stereocenters.